The van der Waals surface area contributed by atoms with Crippen LogP contribution in [0.5, 0.6) is 0 Å². The lowest BCUT2D eigenvalue weighted by Gasteiger charge is -2.13. The molecule has 0 radical (unpaired) electrons. The van der Waals surface area contributed by atoms with Crippen molar-refractivity contribution in [1.29, 1.82) is 0 Å². The maximum absolute atomic E-state index is 13.0. The third kappa shape index (κ3) is 4.90. The molecule has 2 amide bonds. The number of benzene rings is 2. The standard InChI is InChI=1S/C23H26N4O2/c1-4-13-24-22(28)17(3)25-23(29)20-15-27(19-11-6-5-7-12-19)26-21(20)18-10-8-9-16(2)14-18/h5-12,14-15,17H,4,13H2,1-3H3,(H,24,28)(H,25,29)/t17-/m0/s1. The largest absolute Gasteiger partial charge is 0.354 e. The first kappa shape index (κ1) is 20.3. The monoisotopic (exact) mass is 390 g/mol. The fourth-order valence-corrected chi connectivity index (χ4v) is 3.00. The lowest BCUT2D eigenvalue weighted by atomic mass is 10.1. The molecule has 0 saturated carbocycles. The second-order valence-electron chi connectivity index (χ2n) is 7.03. The van der Waals surface area contributed by atoms with Crippen LogP contribution in [0.4, 0.5) is 0 Å². The van der Waals surface area contributed by atoms with Gasteiger partial charge in [0.1, 0.15) is 11.7 Å². The van der Waals surface area contributed by atoms with E-state index in [2.05, 4.69) is 15.7 Å². The van der Waals surface area contributed by atoms with Crippen LogP contribution < -0.4 is 10.6 Å². The lowest BCUT2D eigenvalue weighted by molar-refractivity contribution is -0.122. The van der Waals surface area contributed by atoms with Gasteiger partial charge in [-0.25, -0.2) is 4.68 Å². The second-order valence-corrected chi connectivity index (χ2v) is 7.03. The third-order valence-electron chi connectivity index (χ3n) is 4.56. The molecular formula is C23H26N4O2. The molecule has 6 nitrogen and oxygen atoms in total. The molecule has 0 saturated heterocycles. The van der Waals surface area contributed by atoms with Crippen LogP contribution >= 0.6 is 0 Å². The molecule has 0 aliphatic rings. The summed E-state index contributed by atoms with van der Waals surface area (Å²) in [5.74, 6) is -0.532. The molecule has 1 heterocycles. The minimum Gasteiger partial charge on any atom is -0.354 e. The van der Waals surface area contributed by atoms with E-state index in [1.807, 2.05) is 68.4 Å². The summed E-state index contributed by atoms with van der Waals surface area (Å²) in [4.78, 5) is 25.2. The van der Waals surface area contributed by atoms with Crippen molar-refractivity contribution in [2.75, 3.05) is 6.54 Å². The van der Waals surface area contributed by atoms with E-state index in [-0.39, 0.29) is 11.8 Å². The zero-order valence-corrected chi connectivity index (χ0v) is 17.0. The van der Waals surface area contributed by atoms with Crippen LogP contribution in [0.25, 0.3) is 16.9 Å². The number of nitrogens with one attached hydrogen (secondary N) is 2. The Kier molecular flexibility index (Phi) is 6.44. The van der Waals surface area contributed by atoms with Gasteiger partial charge < -0.3 is 10.6 Å². The van der Waals surface area contributed by atoms with Crippen LogP contribution in [0.1, 0.15) is 36.2 Å². The highest BCUT2D eigenvalue weighted by molar-refractivity contribution is 6.02. The molecule has 29 heavy (non-hydrogen) atoms. The summed E-state index contributed by atoms with van der Waals surface area (Å²) < 4.78 is 1.69. The predicted octanol–water partition coefficient (Wildman–Crippen LogP) is 3.49. The van der Waals surface area contributed by atoms with Crippen LogP contribution in [0.15, 0.2) is 60.8 Å². The van der Waals surface area contributed by atoms with E-state index in [0.29, 0.717) is 17.8 Å². The van der Waals surface area contributed by atoms with Gasteiger partial charge in [0.05, 0.1) is 11.3 Å². The van der Waals surface area contributed by atoms with Gasteiger partial charge in [0.2, 0.25) is 5.91 Å². The Morgan fingerprint density at radius 3 is 2.55 bits per heavy atom. The number of carbonyl (C=O) groups excluding carboxylic acids is 2. The average molecular weight is 390 g/mol. The third-order valence-corrected chi connectivity index (χ3v) is 4.56. The van der Waals surface area contributed by atoms with E-state index >= 15 is 0 Å². The number of hydrogen-bond donors (Lipinski definition) is 2. The van der Waals surface area contributed by atoms with Gasteiger partial charge in [-0.2, -0.15) is 5.10 Å². The lowest BCUT2D eigenvalue weighted by Crippen LogP contribution is -2.45. The van der Waals surface area contributed by atoms with Crippen molar-refractivity contribution < 1.29 is 9.59 Å². The van der Waals surface area contributed by atoms with Crippen LogP contribution in [-0.4, -0.2) is 34.2 Å². The molecule has 1 aromatic heterocycles. The normalized spacial score (nSPS) is 11.7. The predicted molar refractivity (Wildman–Crippen MR) is 114 cm³/mol. The van der Waals surface area contributed by atoms with E-state index in [9.17, 15) is 9.59 Å². The summed E-state index contributed by atoms with van der Waals surface area (Å²) in [6.07, 6.45) is 2.55. The summed E-state index contributed by atoms with van der Waals surface area (Å²) in [6, 6.07) is 16.8. The van der Waals surface area contributed by atoms with Crippen LogP contribution in [-0.2, 0) is 4.79 Å². The minimum absolute atomic E-state index is 0.201. The summed E-state index contributed by atoms with van der Waals surface area (Å²) in [6.45, 7) is 6.24. The molecule has 0 aliphatic heterocycles. The van der Waals surface area contributed by atoms with Crippen molar-refractivity contribution in [3.05, 3.63) is 71.9 Å². The SMILES string of the molecule is CCCNC(=O)[C@H](C)NC(=O)c1cn(-c2ccccc2)nc1-c1cccc(C)c1. The number of aromatic nitrogens is 2. The minimum atomic E-state index is -0.639. The number of hydrogen-bond acceptors (Lipinski definition) is 3. The van der Waals surface area contributed by atoms with Gasteiger partial charge in [0, 0.05) is 18.3 Å². The molecule has 3 rings (SSSR count). The zero-order valence-electron chi connectivity index (χ0n) is 17.0. The number of amides is 2. The Bertz CT molecular complexity index is 995. The second kappa shape index (κ2) is 9.19. The molecule has 1 atom stereocenters. The molecule has 150 valence electrons. The maximum atomic E-state index is 13.0. The number of aryl methyl sites for hydroxylation is 1. The summed E-state index contributed by atoms with van der Waals surface area (Å²) in [7, 11) is 0. The first-order valence-corrected chi connectivity index (χ1v) is 9.80. The fourth-order valence-electron chi connectivity index (χ4n) is 3.00. The maximum Gasteiger partial charge on any atom is 0.255 e. The van der Waals surface area contributed by atoms with E-state index in [4.69, 9.17) is 0 Å². The van der Waals surface area contributed by atoms with Crippen molar-refractivity contribution in [2.24, 2.45) is 0 Å². The number of para-hydroxylation sites is 1. The first-order valence-electron chi connectivity index (χ1n) is 9.80. The summed E-state index contributed by atoms with van der Waals surface area (Å²) in [5, 5.41) is 10.3. The average Bonchev–Trinajstić information content (AvgIpc) is 3.18. The molecule has 0 unspecified atom stereocenters. The Morgan fingerprint density at radius 1 is 1.10 bits per heavy atom. The molecule has 6 heteroatoms. The smallest absolute Gasteiger partial charge is 0.255 e. The van der Waals surface area contributed by atoms with Gasteiger partial charge in [-0.3, -0.25) is 9.59 Å². The zero-order chi connectivity index (χ0) is 20.8. The van der Waals surface area contributed by atoms with Crippen molar-refractivity contribution in [3.8, 4) is 16.9 Å². The molecule has 0 spiro atoms. The highest BCUT2D eigenvalue weighted by Gasteiger charge is 2.22. The van der Waals surface area contributed by atoms with E-state index < -0.39 is 6.04 Å². The summed E-state index contributed by atoms with van der Waals surface area (Å²) in [5.41, 5.74) is 3.79. The summed E-state index contributed by atoms with van der Waals surface area (Å²) >= 11 is 0. The van der Waals surface area contributed by atoms with Crippen molar-refractivity contribution >= 4 is 11.8 Å². The number of rotatable bonds is 7. The topological polar surface area (TPSA) is 76.0 Å². The van der Waals surface area contributed by atoms with Gasteiger partial charge in [-0.1, -0.05) is 48.9 Å². The van der Waals surface area contributed by atoms with E-state index in [1.54, 1.807) is 17.8 Å². The molecule has 3 aromatic rings. The molecule has 2 N–H and O–H groups in total. The molecule has 2 aromatic carbocycles. The molecule has 0 bridgehead atoms. The van der Waals surface area contributed by atoms with Gasteiger partial charge in [0.25, 0.3) is 5.91 Å². The molecule has 0 fully saturated rings. The van der Waals surface area contributed by atoms with Gasteiger partial charge in [-0.15, -0.1) is 0 Å². The highest BCUT2D eigenvalue weighted by Crippen LogP contribution is 2.24. The molecular weight excluding hydrogens is 364 g/mol. The van der Waals surface area contributed by atoms with Crippen molar-refractivity contribution in [3.63, 3.8) is 0 Å². The van der Waals surface area contributed by atoms with E-state index in [0.717, 1.165) is 23.2 Å². The Labute approximate surface area is 170 Å². The quantitative estimate of drug-likeness (QED) is 0.648. The van der Waals surface area contributed by atoms with Gasteiger partial charge >= 0.3 is 0 Å². The van der Waals surface area contributed by atoms with Crippen LogP contribution in [0.2, 0.25) is 0 Å². The van der Waals surface area contributed by atoms with Crippen LogP contribution in [0, 0.1) is 6.92 Å². The number of carbonyl (C=O) groups is 2. The van der Waals surface area contributed by atoms with E-state index in [1.165, 1.54) is 0 Å². The Hall–Kier alpha value is -3.41. The first-order chi connectivity index (χ1) is 14.0. The van der Waals surface area contributed by atoms with Gasteiger partial charge in [0.15, 0.2) is 0 Å². The fraction of sp³-hybridized carbons (Fsp3) is 0.261. The Balaban J connectivity index is 1.94. The van der Waals surface area contributed by atoms with Gasteiger partial charge in [-0.05, 0) is 38.5 Å². The Morgan fingerprint density at radius 2 is 1.86 bits per heavy atom. The van der Waals surface area contributed by atoms with Crippen molar-refractivity contribution in [2.45, 2.75) is 33.2 Å². The van der Waals surface area contributed by atoms with Crippen molar-refractivity contribution in [1.82, 2.24) is 20.4 Å². The number of nitrogens with zero attached hydrogens (tertiary/aromatic N) is 2. The highest BCUT2D eigenvalue weighted by atomic mass is 16.2. The van der Waals surface area contributed by atoms with Crippen LogP contribution in [0.3, 0.4) is 0 Å². The molecule has 0 aliphatic carbocycles.